The summed E-state index contributed by atoms with van der Waals surface area (Å²) in [6.07, 6.45) is 3.99. The highest BCUT2D eigenvalue weighted by atomic mass is 35.5. The van der Waals surface area contributed by atoms with E-state index in [-0.39, 0.29) is 0 Å². The molecule has 5 heteroatoms. The molecular weight excluding hydrogens is 288 g/mol. The van der Waals surface area contributed by atoms with Gasteiger partial charge in [-0.25, -0.2) is 4.98 Å². The van der Waals surface area contributed by atoms with Crippen LogP contribution in [0.3, 0.4) is 0 Å². The molecule has 2 aromatic heterocycles. The van der Waals surface area contributed by atoms with Crippen molar-refractivity contribution in [2.75, 3.05) is 13.0 Å². The lowest BCUT2D eigenvalue weighted by Gasteiger charge is -2.06. The van der Waals surface area contributed by atoms with Gasteiger partial charge in [-0.3, -0.25) is 4.98 Å². The normalized spacial score (nSPS) is 9.62. The Labute approximate surface area is 129 Å². The second-order valence-electron chi connectivity index (χ2n) is 4.11. The summed E-state index contributed by atoms with van der Waals surface area (Å²) in [5.74, 6) is 7.69. The van der Waals surface area contributed by atoms with Crippen molar-refractivity contribution in [1.29, 1.82) is 0 Å². The standard InChI is InChI=1S/C16H15ClN2O2/c1-20-16-7-4-6-14(19-16)12-21-15-9-13(10-18-11-15)5-2-3-8-17/h4,6-7,9-11H,3,8,12H2,1H3. The number of aromatic nitrogens is 2. The molecule has 0 saturated heterocycles. The molecule has 2 rings (SSSR count). The summed E-state index contributed by atoms with van der Waals surface area (Å²) in [4.78, 5) is 8.38. The number of rotatable bonds is 5. The summed E-state index contributed by atoms with van der Waals surface area (Å²) in [6, 6.07) is 7.38. The Morgan fingerprint density at radius 1 is 1.29 bits per heavy atom. The van der Waals surface area contributed by atoms with E-state index in [4.69, 9.17) is 21.1 Å². The van der Waals surface area contributed by atoms with Gasteiger partial charge in [-0.1, -0.05) is 17.9 Å². The monoisotopic (exact) mass is 302 g/mol. The van der Waals surface area contributed by atoms with E-state index in [0.717, 1.165) is 11.3 Å². The van der Waals surface area contributed by atoms with Crippen LogP contribution < -0.4 is 9.47 Å². The molecule has 0 bridgehead atoms. The average molecular weight is 303 g/mol. The fourth-order valence-corrected chi connectivity index (χ4v) is 1.68. The van der Waals surface area contributed by atoms with Gasteiger partial charge in [-0.2, -0.15) is 0 Å². The lowest BCUT2D eigenvalue weighted by atomic mass is 10.2. The minimum Gasteiger partial charge on any atom is -0.486 e. The maximum atomic E-state index is 5.66. The van der Waals surface area contributed by atoms with Gasteiger partial charge in [0.2, 0.25) is 5.88 Å². The highest BCUT2D eigenvalue weighted by Crippen LogP contribution is 2.13. The summed E-state index contributed by atoms with van der Waals surface area (Å²) in [6.45, 7) is 0.345. The second-order valence-corrected chi connectivity index (χ2v) is 4.49. The van der Waals surface area contributed by atoms with Crippen molar-refractivity contribution in [3.05, 3.63) is 47.9 Å². The van der Waals surface area contributed by atoms with Gasteiger partial charge in [0.1, 0.15) is 12.4 Å². The topological polar surface area (TPSA) is 44.2 Å². The van der Waals surface area contributed by atoms with Crippen LogP contribution in [0.1, 0.15) is 17.7 Å². The van der Waals surface area contributed by atoms with E-state index in [1.807, 2.05) is 18.2 Å². The predicted octanol–water partition coefficient (Wildman–Crippen LogP) is 3.04. The second kappa shape index (κ2) is 8.13. The van der Waals surface area contributed by atoms with E-state index in [2.05, 4.69) is 21.8 Å². The van der Waals surface area contributed by atoms with Crippen LogP contribution >= 0.6 is 11.6 Å². The molecule has 0 saturated carbocycles. The minimum absolute atomic E-state index is 0.345. The van der Waals surface area contributed by atoms with Crippen molar-refractivity contribution in [3.63, 3.8) is 0 Å². The third-order valence-corrected chi connectivity index (χ3v) is 2.73. The van der Waals surface area contributed by atoms with Gasteiger partial charge in [0.05, 0.1) is 19.0 Å². The molecule has 0 N–H and O–H groups in total. The molecule has 0 fully saturated rings. The molecule has 2 aromatic rings. The van der Waals surface area contributed by atoms with Crippen molar-refractivity contribution in [2.45, 2.75) is 13.0 Å². The van der Waals surface area contributed by atoms with Gasteiger partial charge in [0.25, 0.3) is 0 Å². The number of alkyl halides is 1. The van der Waals surface area contributed by atoms with Crippen LogP contribution in [0.15, 0.2) is 36.7 Å². The average Bonchev–Trinajstić information content (AvgIpc) is 2.54. The molecule has 0 aliphatic carbocycles. The molecule has 0 aliphatic heterocycles. The van der Waals surface area contributed by atoms with E-state index in [1.165, 1.54) is 0 Å². The van der Waals surface area contributed by atoms with Crippen LogP contribution in [0, 0.1) is 11.8 Å². The Bertz CT molecular complexity index is 650. The Balaban J connectivity index is 2.00. The highest BCUT2D eigenvalue weighted by Gasteiger charge is 2.00. The number of hydrogen-bond donors (Lipinski definition) is 0. The molecule has 108 valence electrons. The minimum atomic E-state index is 0.345. The highest BCUT2D eigenvalue weighted by molar-refractivity contribution is 6.18. The maximum absolute atomic E-state index is 5.66. The Morgan fingerprint density at radius 3 is 3.00 bits per heavy atom. The molecule has 4 nitrogen and oxygen atoms in total. The van der Waals surface area contributed by atoms with E-state index in [1.54, 1.807) is 25.6 Å². The molecular formula is C16H15ClN2O2. The van der Waals surface area contributed by atoms with E-state index >= 15 is 0 Å². The van der Waals surface area contributed by atoms with Crippen LogP contribution in [0.4, 0.5) is 0 Å². The molecule has 0 spiro atoms. The maximum Gasteiger partial charge on any atom is 0.213 e. The first-order chi connectivity index (χ1) is 10.3. The molecule has 0 atom stereocenters. The Morgan fingerprint density at radius 2 is 2.19 bits per heavy atom. The van der Waals surface area contributed by atoms with Gasteiger partial charge in [-0.05, 0) is 12.1 Å². The zero-order valence-corrected chi connectivity index (χ0v) is 12.4. The smallest absolute Gasteiger partial charge is 0.213 e. The summed E-state index contributed by atoms with van der Waals surface area (Å²) < 4.78 is 10.7. The van der Waals surface area contributed by atoms with Crippen LogP contribution in [-0.4, -0.2) is 23.0 Å². The lowest BCUT2D eigenvalue weighted by molar-refractivity contribution is 0.297. The van der Waals surface area contributed by atoms with Gasteiger partial charge >= 0.3 is 0 Å². The zero-order chi connectivity index (χ0) is 14.9. The molecule has 0 radical (unpaired) electrons. The molecule has 0 aliphatic rings. The zero-order valence-electron chi connectivity index (χ0n) is 11.7. The van der Waals surface area contributed by atoms with Gasteiger partial charge in [0.15, 0.2) is 0 Å². The van der Waals surface area contributed by atoms with E-state index in [0.29, 0.717) is 30.5 Å². The van der Waals surface area contributed by atoms with Gasteiger partial charge in [0, 0.05) is 30.1 Å². The molecule has 0 unspecified atom stereocenters. The molecule has 0 aromatic carbocycles. The summed E-state index contributed by atoms with van der Waals surface area (Å²) in [7, 11) is 1.58. The summed E-state index contributed by atoms with van der Waals surface area (Å²) in [5.41, 5.74) is 1.59. The van der Waals surface area contributed by atoms with Crippen molar-refractivity contribution < 1.29 is 9.47 Å². The number of methoxy groups -OCH3 is 1. The lowest BCUT2D eigenvalue weighted by Crippen LogP contribution is -2.00. The first-order valence-electron chi connectivity index (χ1n) is 6.44. The Kier molecular flexibility index (Phi) is 5.86. The van der Waals surface area contributed by atoms with Crippen molar-refractivity contribution in [2.24, 2.45) is 0 Å². The first kappa shape index (κ1) is 15.1. The quantitative estimate of drug-likeness (QED) is 0.629. The molecule has 21 heavy (non-hydrogen) atoms. The van der Waals surface area contributed by atoms with Crippen molar-refractivity contribution >= 4 is 11.6 Å². The first-order valence-corrected chi connectivity index (χ1v) is 6.98. The molecule has 0 amide bonds. The van der Waals surface area contributed by atoms with E-state index < -0.39 is 0 Å². The van der Waals surface area contributed by atoms with Crippen molar-refractivity contribution in [3.8, 4) is 23.5 Å². The molecule has 2 heterocycles. The fourth-order valence-electron chi connectivity index (χ4n) is 1.59. The SMILES string of the molecule is COc1cccc(COc2cncc(C#CCCCl)c2)n1. The third-order valence-electron chi connectivity index (χ3n) is 2.54. The number of pyridine rings is 2. The summed E-state index contributed by atoms with van der Waals surface area (Å²) >= 11 is 5.58. The largest absolute Gasteiger partial charge is 0.486 e. The van der Waals surface area contributed by atoms with Crippen LogP contribution in [0.25, 0.3) is 0 Å². The number of hydrogen-bond acceptors (Lipinski definition) is 4. The summed E-state index contributed by atoms with van der Waals surface area (Å²) in [5, 5.41) is 0. The van der Waals surface area contributed by atoms with Crippen LogP contribution in [0.2, 0.25) is 0 Å². The van der Waals surface area contributed by atoms with E-state index in [9.17, 15) is 0 Å². The number of halogens is 1. The fraction of sp³-hybridized carbons (Fsp3) is 0.250. The predicted molar refractivity (Wildman–Crippen MR) is 81.6 cm³/mol. The van der Waals surface area contributed by atoms with Crippen molar-refractivity contribution in [1.82, 2.24) is 9.97 Å². The third kappa shape index (κ3) is 4.97. The van der Waals surface area contributed by atoms with Gasteiger partial charge in [-0.15, -0.1) is 11.6 Å². The van der Waals surface area contributed by atoms with Crippen LogP contribution in [0.5, 0.6) is 11.6 Å². The van der Waals surface area contributed by atoms with Gasteiger partial charge < -0.3 is 9.47 Å². The number of ether oxygens (including phenoxy) is 2. The number of nitrogens with zero attached hydrogens (tertiary/aromatic N) is 2. The Hall–Kier alpha value is -2.25. The van der Waals surface area contributed by atoms with Crippen LogP contribution in [-0.2, 0) is 6.61 Å².